The van der Waals surface area contributed by atoms with Gasteiger partial charge in [-0.05, 0) is 30.7 Å². The van der Waals surface area contributed by atoms with Crippen LogP contribution in [0, 0.1) is 0 Å². The smallest absolute Gasteiger partial charge is 0.338 e. The Morgan fingerprint density at radius 1 is 1.38 bits per heavy atom. The highest BCUT2D eigenvalue weighted by Gasteiger charge is 2.38. The van der Waals surface area contributed by atoms with E-state index >= 15 is 0 Å². The van der Waals surface area contributed by atoms with Crippen LogP contribution in [0.5, 0.6) is 0 Å². The van der Waals surface area contributed by atoms with E-state index in [0.717, 1.165) is 0 Å². The number of carbonyl (C=O) groups is 2. The number of carbonyl (C=O) groups excluding carboxylic acids is 2. The molecule has 0 saturated carbocycles. The molecule has 3 atom stereocenters. The first-order valence-electron chi connectivity index (χ1n) is 6.35. The fourth-order valence-electron chi connectivity index (χ4n) is 1.90. The predicted molar refractivity (Wildman–Crippen MR) is 78.2 cm³/mol. The van der Waals surface area contributed by atoms with Gasteiger partial charge in [0.2, 0.25) is 0 Å². The lowest BCUT2D eigenvalue weighted by Gasteiger charge is -2.12. The average Bonchev–Trinajstić information content (AvgIpc) is 2.77. The van der Waals surface area contributed by atoms with E-state index in [1.165, 1.54) is 18.7 Å². The molecule has 7 heteroatoms. The van der Waals surface area contributed by atoms with E-state index in [4.69, 9.17) is 21.1 Å². The fourth-order valence-corrected chi connectivity index (χ4v) is 3.32. The largest absolute Gasteiger partial charge is 0.461 e. The molecule has 1 aliphatic heterocycles. The van der Waals surface area contributed by atoms with Gasteiger partial charge in [0.15, 0.2) is 5.44 Å². The zero-order chi connectivity index (χ0) is 15.4. The SMILES string of the molecule is CC(=O)OC1S[C@H](COC(=O)c2ccc(Cl)cc2)C[C@@H]1F. The lowest BCUT2D eigenvalue weighted by molar-refractivity contribution is -0.144. The molecule has 0 amide bonds. The molecule has 0 aliphatic carbocycles. The molecule has 0 radical (unpaired) electrons. The zero-order valence-corrected chi connectivity index (χ0v) is 12.8. The highest BCUT2D eigenvalue weighted by Crippen LogP contribution is 2.37. The van der Waals surface area contributed by atoms with Crippen LogP contribution in [0.15, 0.2) is 24.3 Å². The second kappa shape index (κ2) is 7.13. The summed E-state index contributed by atoms with van der Waals surface area (Å²) in [5.74, 6) is -1.01. The predicted octanol–water partition coefficient (Wildman–Crippen LogP) is 3.23. The van der Waals surface area contributed by atoms with Gasteiger partial charge >= 0.3 is 11.9 Å². The van der Waals surface area contributed by atoms with Crippen molar-refractivity contribution in [3.63, 3.8) is 0 Å². The van der Waals surface area contributed by atoms with Crippen LogP contribution in [0.4, 0.5) is 4.39 Å². The standard InChI is InChI=1S/C14H14ClFO4S/c1-8(17)20-14-12(16)6-11(21-14)7-19-13(18)9-2-4-10(15)5-3-9/h2-5,11-12,14H,6-7H2,1H3/t11-,12-,14?/m0/s1. The Bertz CT molecular complexity index is 522. The van der Waals surface area contributed by atoms with Gasteiger partial charge < -0.3 is 9.47 Å². The highest BCUT2D eigenvalue weighted by atomic mass is 35.5. The summed E-state index contributed by atoms with van der Waals surface area (Å²) in [5, 5.41) is 0.308. The minimum Gasteiger partial charge on any atom is -0.461 e. The first-order valence-corrected chi connectivity index (χ1v) is 7.67. The number of benzene rings is 1. The van der Waals surface area contributed by atoms with E-state index in [2.05, 4.69) is 0 Å². The molecule has 1 aromatic carbocycles. The summed E-state index contributed by atoms with van der Waals surface area (Å²) in [6.45, 7) is 1.31. The molecule has 1 unspecified atom stereocenters. The topological polar surface area (TPSA) is 52.6 Å². The maximum atomic E-state index is 13.6. The maximum absolute atomic E-state index is 13.6. The maximum Gasteiger partial charge on any atom is 0.338 e. The van der Waals surface area contributed by atoms with Crippen molar-refractivity contribution in [1.82, 2.24) is 0 Å². The van der Waals surface area contributed by atoms with Crippen molar-refractivity contribution in [2.75, 3.05) is 6.61 Å². The van der Waals surface area contributed by atoms with Crippen LogP contribution >= 0.6 is 23.4 Å². The summed E-state index contributed by atoms with van der Waals surface area (Å²) in [4.78, 5) is 22.6. The number of hydrogen-bond donors (Lipinski definition) is 0. The van der Waals surface area contributed by atoms with Gasteiger partial charge in [0.1, 0.15) is 12.8 Å². The number of ether oxygens (including phenoxy) is 2. The van der Waals surface area contributed by atoms with E-state index in [-0.39, 0.29) is 18.3 Å². The van der Waals surface area contributed by atoms with Gasteiger partial charge in [0, 0.05) is 17.2 Å². The van der Waals surface area contributed by atoms with Gasteiger partial charge in [0.25, 0.3) is 0 Å². The number of thioether (sulfide) groups is 1. The number of esters is 2. The summed E-state index contributed by atoms with van der Waals surface area (Å²) in [6, 6.07) is 6.31. The normalized spacial score (nSPS) is 24.6. The number of alkyl halides is 1. The molecule has 0 bridgehead atoms. The van der Waals surface area contributed by atoms with E-state index < -0.39 is 23.5 Å². The first-order chi connectivity index (χ1) is 9.95. The Hall–Kier alpha value is -1.27. The Morgan fingerprint density at radius 2 is 2.05 bits per heavy atom. The monoisotopic (exact) mass is 332 g/mol. The molecule has 1 aliphatic rings. The lowest BCUT2D eigenvalue weighted by atomic mass is 10.2. The van der Waals surface area contributed by atoms with Crippen molar-refractivity contribution in [2.24, 2.45) is 0 Å². The molecule has 1 aromatic rings. The second-order valence-corrected chi connectivity index (χ2v) is 6.43. The van der Waals surface area contributed by atoms with Gasteiger partial charge in [-0.3, -0.25) is 4.79 Å². The van der Waals surface area contributed by atoms with Gasteiger partial charge in [-0.15, -0.1) is 11.8 Å². The fraction of sp³-hybridized carbons (Fsp3) is 0.429. The van der Waals surface area contributed by atoms with Crippen LogP contribution in [0.1, 0.15) is 23.7 Å². The molecule has 4 nitrogen and oxygen atoms in total. The average molecular weight is 333 g/mol. The van der Waals surface area contributed by atoms with E-state index in [1.54, 1.807) is 24.3 Å². The number of rotatable bonds is 4. The van der Waals surface area contributed by atoms with E-state index in [9.17, 15) is 14.0 Å². The van der Waals surface area contributed by atoms with E-state index in [0.29, 0.717) is 10.6 Å². The molecular formula is C14H14ClFO4S. The van der Waals surface area contributed by atoms with Crippen LogP contribution in [0.3, 0.4) is 0 Å². The molecule has 1 fully saturated rings. The third kappa shape index (κ3) is 4.61. The Labute approximate surface area is 130 Å². The Kier molecular flexibility index (Phi) is 5.47. The Balaban J connectivity index is 1.82. The summed E-state index contributed by atoms with van der Waals surface area (Å²) in [5.41, 5.74) is -0.433. The summed E-state index contributed by atoms with van der Waals surface area (Å²) in [7, 11) is 0. The third-order valence-corrected chi connectivity index (χ3v) is 4.50. The zero-order valence-electron chi connectivity index (χ0n) is 11.3. The Morgan fingerprint density at radius 3 is 2.67 bits per heavy atom. The quantitative estimate of drug-likeness (QED) is 0.792. The number of hydrogen-bond acceptors (Lipinski definition) is 5. The minimum atomic E-state index is -1.24. The van der Waals surface area contributed by atoms with Crippen LogP contribution in [0.2, 0.25) is 5.02 Å². The van der Waals surface area contributed by atoms with Gasteiger partial charge in [-0.1, -0.05) is 11.6 Å². The van der Waals surface area contributed by atoms with Crippen LogP contribution < -0.4 is 0 Å². The molecule has 0 spiro atoms. The molecule has 1 heterocycles. The van der Waals surface area contributed by atoms with Gasteiger partial charge in [-0.2, -0.15) is 0 Å². The summed E-state index contributed by atoms with van der Waals surface area (Å²) in [6.07, 6.45) is -1.05. The van der Waals surface area contributed by atoms with Crippen molar-refractivity contribution in [3.05, 3.63) is 34.9 Å². The van der Waals surface area contributed by atoms with Crippen molar-refractivity contribution in [3.8, 4) is 0 Å². The minimum absolute atomic E-state index is 0.0737. The second-order valence-electron chi connectivity index (χ2n) is 4.59. The van der Waals surface area contributed by atoms with Gasteiger partial charge in [0.05, 0.1) is 5.56 Å². The van der Waals surface area contributed by atoms with Crippen LogP contribution in [0.25, 0.3) is 0 Å². The van der Waals surface area contributed by atoms with Crippen LogP contribution in [-0.4, -0.2) is 35.4 Å². The molecule has 0 N–H and O–H groups in total. The van der Waals surface area contributed by atoms with Crippen molar-refractivity contribution >= 4 is 35.3 Å². The molecule has 2 rings (SSSR count). The molecular weight excluding hydrogens is 319 g/mol. The first kappa shape index (κ1) is 16.1. The van der Waals surface area contributed by atoms with E-state index in [1.807, 2.05) is 0 Å². The molecule has 114 valence electrons. The number of halogens is 2. The lowest BCUT2D eigenvalue weighted by Crippen LogP contribution is -2.18. The van der Waals surface area contributed by atoms with Gasteiger partial charge in [-0.25, -0.2) is 9.18 Å². The summed E-state index contributed by atoms with van der Waals surface area (Å²) >= 11 is 6.90. The molecule has 21 heavy (non-hydrogen) atoms. The van der Waals surface area contributed by atoms with Crippen molar-refractivity contribution < 1.29 is 23.5 Å². The van der Waals surface area contributed by atoms with Crippen LogP contribution in [-0.2, 0) is 14.3 Å². The highest BCUT2D eigenvalue weighted by molar-refractivity contribution is 8.00. The summed E-state index contributed by atoms with van der Waals surface area (Å²) < 4.78 is 23.6. The van der Waals surface area contributed by atoms with Crippen molar-refractivity contribution in [1.29, 1.82) is 0 Å². The molecule has 1 saturated heterocycles. The molecule has 0 aromatic heterocycles. The van der Waals surface area contributed by atoms with Crippen molar-refractivity contribution in [2.45, 2.75) is 30.2 Å². The third-order valence-electron chi connectivity index (χ3n) is 2.87.